The first-order valence-electron chi connectivity index (χ1n) is 9.60. The molecule has 0 N–H and O–H groups in total. The maximum atomic E-state index is 2.79. The molecule has 0 amide bonds. The van der Waals surface area contributed by atoms with Crippen molar-refractivity contribution in [2.75, 3.05) is 52.4 Å². The van der Waals surface area contributed by atoms with E-state index in [4.69, 9.17) is 0 Å². The van der Waals surface area contributed by atoms with Gasteiger partial charge in [-0.2, -0.15) is 0 Å². The van der Waals surface area contributed by atoms with Crippen LogP contribution in [0, 0.1) is 0 Å². The molecule has 0 aromatic heterocycles. The lowest BCUT2D eigenvalue weighted by molar-refractivity contribution is 0.0870. The third kappa shape index (κ3) is 4.94. The van der Waals surface area contributed by atoms with Gasteiger partial charge in [0.2, 0.25) is 0 Å². The van der Waals surface area contributed by atoms with Gasteiger partial charge in [0.15, 0.2) is 0 Å². The fraction of sp³-hybridized carbons (Fsp3) is 1.00. The maximum absolute atomic E-state index is 2.79. The molecule has 3 heterocycles. The van der Waals surface area contributed by atoms with E-state index in [2.05, 4.69) is 14.7 Å². The molecule has 0 spiro atoms. The zero-order chi connectivity index (χ0) is 14.3. The molecule has 3 saturated heterocycles. The van der Waals surface area contributed by atoms with E-state index in [9.17, 15) is 0 Å². The number of rotatable bonds is 4. The first kappa shape index (κ1) is 15.8. The van der Waals surface area contributed by atoms with Crippen molar-refractivity contribution in [1.82, 2.24) is 14.7 Å². The van der Waals surface area contributed by atoms with Crippen LogP contribution in [-0.2, 0) is 0 Å². The van der Waals surface area contributed by atoms with Crippen LogP contribution in [0.2, 0.25) is 0 Å². The molecule has 3 heteroatoms. The van der Waals surface area contributed by atoms with Crippen molar-refractivity contribution in [3.63, 3.8) is 0 Å². The van der Waals surface area contributed by atoms with Crippen molar-refractivity contribution in [1.29, 1.82) is 0 Å². The summed E-state index contributed by atoms with van der Waals surface area (Å²) in [4.78, 5) is 8.23. The molecule has 3 nitrogen and oxygen atoms in total. The van der Waals surface area contributed by atoms with Crippen molar-refractivity contribution in [3.8, 4) is 0 Å². The van der Waals surface area contributed by atoms with Gasteiger partial charge >= 0.3 is 0 Å². The van der Waals surface area contributed by atoms with Crippen LogP contribution in [-0.4, -0.2) is 73.1 Å². The minimum atomic E-state index is 0.903. The summed E-state index contributed by atoms with van der Waals surface area (Å²) in [5.74, 6) is 0. The second kappa shape index (κ2) is 8.50. The second-order valence-corrected chi connectivity index (χ2v) is 7.43. The zero-order valence-corrected chi connectivity index (χ0v) is 13.9. The van der Waals surface area contributed by atoms with Crippen molar-refractivity contribution >= 4 is 0 Å². The molecule has 0 atom stereocenters. The Morgan fingerprint density at radius 2 is 1.00 bits per heavy atom. The van der Waals surface area contributed by atoms with Gasteiger partial charge in [-0.3, -0.25) is 0 Å². The lowest BCUT2D eigenvalue weighted by Gasteiger charge is -2.40. The molecule has 3 aliphatic rings. The average Bonchev–Trinajstić information content (AvgIpc) is 2.83. The molecule has 0 unspecified atom stereocenters. The quantitative estimate of drug-likeness (QED) is 0.789. The minimum absolute atomic E-state index is 0.903. The lowest BCUT2D eigenvalue weighted by Crippen LogP contribution is -2.48. The van der Waals surface area contributed by atoms with Gasteiger partial charge in [-0.05, 0) is 77.8 Å². The second-order valence-electron chi connectivity index (χ2n) is 7.43. The topological polar surface area (TPSA) is 9.72 Å². The van der Waals surface area contributed by atoms with Gasteiger partial charge in [-0.15, -0.1) is 0 Å². The summed E-state index contributed by atoms with van der Waals surface area (Å²) in [6.07, 6.45) is 12.9. The molecule has 0 radical (unpaired) electrons. The van der Waals surface area contributed by atoms with E-state index in [1.807, 2.05) is 0 Å². The lowest BCUT2D eigenvalue weighted by atomic mass is 10.00. The summed E-state index contributed by atoms with van der Waals surface area (Å²) in [7, 11) is 0. The third-order valence-electron chi connectivity index (χ3n) is 5.90. The molecule has 3 aliphatic heterocycles. The predicted octanol–water partition coefficient (Wildman–Crippen LogP) is 2.81. The Balaban J connectivity index is 1.33. The van der Waals surface area contributed by atoms with Gasteiger partial charge in [-0.25, -0.2) is 0 Å². The van der Waals surface area contributed by atoms with Gasteiger partial charge < -0.3 is 14.7 Å². The van der Waals surface area contributed by atoms with Crippen LogP contribution >= 0.6 is 0 Å². The maximum Gasteiger partial charge on any atom is 0.0120 e. The van der Waals surface area contributed by atoms with Gasteiger partial charge in [0.1, 0.15) is 0 Å². The number of hydrogen-bond donors (Lipinski definition) is 0. The minimum Gasteiger partial charge on any atom is -0.302 e. The van der Waals surface area contributed by atoms with E-state index < -0.39 is 0 Å². The van der Waals surface area contributed by atoms with Crippen molar-refractivity contribution in [2.24, 2.45) is 0 Å². The van der Waals surface area contributed by atoms with E-state index in [0.29, 0.717) is 0 Å². The SMILES string of the molecule is C1CCCN(CCN2CCC(N3CCCCC3)CC2)CC1. The van der Waals surface area contributed by atoms with Crippen LogP contribution in [0.15, 0.2) is 0 Å². The average molecular weight is 293 g/mol. The standard InChI is InChI=1S/C18H35N3/c1-2-5-11-19(10-4-1)16-17-20-14-8-18(9-15-20)21-12-6-3-7-13-21/h18H,1-17H2. The molecular formula is C18H35N3. The Morgan fingerprint density at radius 1 is 0.524 bits per heavy atom. The van der Waals surface area contributed by atoms with E-state index in [1.54, 1.807) is 0 Å². The van der Waals surface area contributed by atoms with Gasteiger partial charge in [0.25, 0.3) is 0 Å². The van der Waals surface area contributed by atoms with Crippen molar-refractivity contribution in [3.05, 3.63) is 0 Å². The molecule has 21 heavy (non-hydrogen) atoms. The van der Waals surface area contributed by atoms with Crippen LogP contribution in [0.4, 0.5) is 0 Å². The van der Waals surface area contributed by atoms with E-state index in [0.717, 1.165) is 6.04 Å². The Hall–Kier alpha value is -0.120. The number of likely N-dealkylation sites (tertiary alicyclic amines) is 3. The molecule has 0 aromatic rings. The van der Waals surface area contributed by atoms with E-state index in [1.165, 1.54) is 110 Å². The third-order valence-corrected chi connectivity index (χ3v) is 5.90. The Bertz CT molecular complexity index is 272. The highest BCUT2D eigenvalue weighted by molar-refractivity contribution is 4.82. The number of piperidine rings is 2. The summed E-state index contributed by atoms with van der Waals surface area (Å²) in [6.45, 7) is 10.8. The predicted molar refractivity (Wildman–Crippen MR) is 89.8 cm³/mol. The van der Waals surface area contributed by atoms with Crippen LogP contribution < -0.4 is 0 Å². The normalized spacial score (nSPS) is 28.6. The Kier molecular flexibility index (Phi) is 6.38. The van der Waals surface area contributed by atoms with Gasteiger partial charge in [0, 0.05) is 19.1 Å². The molecule has 3 rings (SSSR count). The van der Waals surface area contributed by atoms with Crippen molar-refractivity contribution < 1.29 is 0 Å². The highest BCUT2D eigenvalue weighted by atomic mass is 15.2. The zero-order valence-electron chi connectivity index (χ0n) is 13.9. The molecule has 122 valence electrons. The Morgan fingerprint density at radius 3 is 1.62 bits per heavy atom. The summed E-state index contributed by atoms with van der Waals surface area (Å²) >= 11 is 0. The molecule has 0 saturated carbocycles. The largest absolute Gasteiger partial charge is 0.302 e. The first-order valence-corrected chi connectivity index (χ1v) is 9.60. The van der Waals surface area contributed by atoms with Crippen LogP contribution in [0.1, 0.15) is 57.8 Å². The summed E-state index contributed by atoms with van der Waals surface area (Å²) in [5.41, 5.74) is 0. The molecule has 0 bridgehead atoms. The van der Waals surface area contributed by atoms with Gasteiger partial charge in [-0.1, -0.05) is 19.3 Å². The van der Waals surface area contributed by atoms with Crippen LogP contribution in [0.25, 0.3) is 0 Å². The van der Waals surface area contributed by atoms with Crippen LogP contribution in [0.3, 0.4) is 0 Å². The summed E-state index contributed by atoms with van der Waals surface area (Å²) in [5, 5.41) is 0. The first-order chi connectivity index (χ1) is 10.4. The molecule has 0 aliphatic carbocycles. The smallest absolute Gasteiger partial charge is 0.0120 e. The monoisotopic (exact) mass is 293 g/mol. The van der Waals surface area contributed by atoms with E-state index >= 15 is 0 Å². The highest BCUT2D eigenvalue weighted by Crippen LogP contribution is 2.20. The highest BCUT2D eigenvalue weighted by Gasteiger charge is 2.25. The molecular weight excluding hydrogens is 258 g/mol. The Labute approximate surface area is 131 Å². The van der Waals surface area contributed by atoms with Gasteiger partial charge in [0.05, 0.1) is 0 Å². The summed E-state index contributed by atoms with van der Waals surface area (Å²) in [6, 6.07) is 0.903. The van der Waals surface area contributed by atoms with Crippen LogP contribution in [0.5, 0.6) is 0 Å². The number of hydrogen-bond acceptors (Lipinski definition) is 3. The summed E-state index contributed by atoms with van der Waals surface area (Å²) < 4.78 is 0. The van der Waals surface area contributed by atoms with Crippen molar-refractivity contribution in [2.45, 2.75) is 63.8 Å². The van der Waals surface area contributed by atoms with E-state index in [-0.39, 0.29) is 0 Å². The molecule has 0 aromatic carbocycles. The fourth-order valence-corrected chi connectivity index (χ4v) is 4.43. The molecule has 3 fully saturated rings. The fourth-order valence-electron chi connectivity index (χ4n) is 4.43. The number of nitrogens with zero attached hydrogens (tertiary/aromatic N) is 3.